The zero-order chi connectivity index (χ0) is 21.1. The third-order valence-electron chi connectivity index (χ3n) is 5.18. The minimum Gasteiger partial charge on any atom is -0.394 e. The Hall–Kier alpha value is -1.18. The lowest BCUT2D eigenvalue weighted by Gasteiger charge is -2.45. The Kier molecular flexibility index (Phi) is 7.57. The standard InChI is InChI=1S/C19H28O10/c1-9-12(21)15(24)17(19(27-9)26-8-10-5-3-2-4-6-10)29-18-16(25)14(23)13(22)11(7-20)28-18/h2-6,9,11-25H,7-8H2,1H3/t9-,11+,12+,13-,14-,15+,16+,17-,18-,19+/m0/s1. The maximum atomic E-state index is 10.5. The quantitative estimate of drug-likeness (QED) is 0.302. The van der Waals surface area contributed by atoms with Crippen LogP contribution in [0.4, 0.5) is 0 Å². The average Bonchev–Trinajstić information content (AvgIpc) is 2.73. The van der Waals surface area contributed by atoms with E-state index in [9.17, 15) is 30.6 Å². The first kappa shape index (κ1) is 22.5. The second-order valence-corrected chi connectivity index (χ2v) is 7.29. The summed E-state index contributed by atoms with van der Waals surface area (Å²) in [5, 5.41) is 60.0. The third kappa shape index (κ3) is 4.94. The Morgan fingerprint density at radius 3 is 2.17 bits per heavy atom. The molecular formula is C19H28O10. The maximum absolute atomic E-state index is 10.5. The molecule has 10 atom stereocenters. The van der Waals surface area contributed by atoms with Crippen molar-refractivity contribution in [3.63, 3.8) is 0 Å². The second-order valence-electron chi connectivity index (χ2n) is 7.29. The molecule has 0 unspecified atom stereocenters. The molecule has 2 fully saturated rings. The highest BCUT2D eigenvalue weighted by atomic mass is 16.8. The Balaban J connectivity index is 1.73. The van der Waals surface area contributed by atoms with Crippen LogP contribution in [-0.4, -0.2) is 98.7 Å². The van der Waals surface area contributed by atoms with Gasteiger partial charge >= 0.3 is 0 Å². The maximum Gasteiger partial charge on any atom is 0.187 e. The molecule has 0 aromatic heterocycles. The van der Waals surface area contributed by atoms with Crippen molar-refractivity contribution in [1.82, 2.24) is 0 Å². The molecule has 10 heteroatoms. The zero-order valence-electron chi connectivity index (χ0n) is 15.9. The predicted molar refractivity (Wildman–Crippen MR) is 96.2 cm³/mol. The lowest BCUT2D eigenvalue weighted by atomic mass is 9.97. The summed E-state index contributed by atoms with van der Waals surface area (Å²) >= 11 is 0. The van der Waals surface area contributed by atoms with Crippen LogP contribution in [0.25, 0.3) is 0 Å². The number of benzene rings is 1. The normalized spacial score (nSPS) is 43.3. The average molecular weight is 416 g/mol. The van der Waals surface area contributed by atoms with Crippen molar-refractivity contribution in [2.24, 2.45) is 0 Å². The van der Waals surface area contributed by atoms with E-state index in [2.05, 4.69) is 0 Å². The fraction of sp³-hybridized carbons (Fsp3) is 0.684. The van der Waals surface area contributed by atoms with Crippen molar-refractivity contribution >= 4 is 0 Å². The molecule has 2 heterocycles. The Labute approximate surface area is 167 Å². The van der Waals surface area contributed by atoms with Crippen molar-refractivity contribution in [3.8, 4) is 0 Å². The third-order valence-corrected chi connectivity index (χ3v) is 5.18. The van der Waals surface area contributed by atoms with Gasteiger partial charge in [0.15, 0.2) is 12.6 Å². The summed E-state index contributed by atoms with van der Waals surface area (Å²) in [7, 11) is 0. The lowest BCUT2D eigenvalue weighted by Crippen LogP contribution is -2.64. The van der Waals surface area contributed by atoms with E-state index in [1.54, 1.807) is 6.92 Å². The van der Waals surface area contributed by atoms with Gasteiger partial charge in [0.1, 0.15) is 42.7 Å². The smallest absolute Gasteiger partial charge is 0.187 e. The minimum absolute atomic E-state index is 0.135. The van der Waals surface area contributed by atoms with E-state index in [-0.39, 0.29) is 6.61 Å². The number of aliphatic hydroxyl groups is 6. The Morgan fingerprint density at radius 2 is 1.52 bits per heavy atom. The van der Waals surface area contributed by atoms with Gasteiger partial charge in [0.2, 0.25) is 0 Å². The van der Waals surface area contributed by atoms with Gasteiger partial charge in [-0.1, -0.05) is 30.3 Å². The number of ether oxygens (including phenoxy) is 4. The summed E-state index contributed by atoms with van der Waals surface area (Å²) in [6.07, 6.45) is -13.4. The molecule has 1 aromatic rings. The summed E-state index contributed by atoms with van der Waals surface area (Å²) < 4.78 is 22.3. The van der Waals surface area contributed by atoms with E-state index in [0.29, 0.717) is 0 Å². The van der Waals surface area contributed by atoms with Crippen LogP contribution in [0, 0.1) is 0 Å². The first-order valence-electron chi connectivity index (χ1n) is 9.46. The van der Waals surface area contributed by atoms with Crippen LogP contribution in [0.2, 0.25) is 0 Å². The molecule has 29 heavy (non-hydrogen) atoms. The molecular weight excluding hydrogens is 388 g/mol. The summed E-state index contributed by atoms with van der Waals surface area (Å²) in [5.41, 5.74) is 0.843. The molecule has 0 radical (unpaired) electrons. The molecule has 0 bridgehead atoms. The van der Waals surface area contributed by atoms with Gasteiger partial charge in [-0.25, -0.2) is 0 Å². The molecule has 164 valence electrons. The van der Waals surface area contributed by atoms with E-state index in [1.165, 1.54) is 0 Å². The zero-order valence-corrected chi connectivity index (χ0v) is 15.9. The van der Waals surface area contributed by atoms with E-state index >= 15 is 0 Å². The number of aliphatic hydroxyl groups excluding tert-OH is 6. The summed E-state index contributed by atoms with van der Waals surface area (Å²) in [4.78, 5) is 0. The SMILES string of the molecule is C[C@@H]1O[C@@H](OCc2ccccc2)[C@@H](O[C@@H]2O[C@H](CO)[C@H](O)[C@H](O)[C@H]2O)[C@H](O)[C@@H]1O. The van der Waals surface area contributed by atoms with E-state index < -0.39 is 68.0 Å². The topological polar surface area (TPSA) is 158 Å². The molecule has 6 N–H and O–H groups in total. The van der Waals surface area contributed by atoms with Crippen LogP contribution < -0.4 is 0 Å². The molecule has 1 aromatic carbocycles. The number of hydrogen-bond donors (Lipinski definition) is 6. The summed E-state index contributed by atoms with van der Waals surface area (Å²) in [5.74, 6) is 0. The fourth-order valence-corrected chi connectivity index (χ4v) is 3.37. The van der Waals surface area contributed by atoms with Gasteiger partial charge in [0.25, 0.3) is 0 Å². The molecule has 0 amide bonds. The van der Waals surface area contributed by atoms with Gasteiger partial charge in [-0.05, 0) is 12.5 Å². The molecule has 2 aliphatic rings. The molecule has 10 nitrogen and oxygen atoms in total. The largest absolute Gasteiger partial charge is 0.394 e. The van der Waals surface area contributed by atoms with Gasteiger partial charge in [-0.15, -0.1) is 0 Å². The van der Waals surface area contributed by atoms with E-state index in [0.717, 1.165) is 5.56 Å². The highest BCUT2D eigenvalue weighted by Gasteiger charge is 2.50. The second kappa shape index (κ2) is 9.75. The van der Waals surface area contributed by atoms with Crippen molar-refractivity contribution < 1.29 is 49.6 Å². The van der Waals surface area contributed by atoms with Gasteiger partial charge < -0.3 is 49.6 Å². The van der Waals surface area contributed by atoms with Crippen molar-refractivity contribution in [3.05, 3.63) is 35.9 Å². The van der Waals surface area contributed by atoms with E-state index in [1.807, 2.05) is 30.3 Å². The van der Waals surface area contributed by atoms with Gasteiger partial charge in [0, 0.05) is 0 Å². The van der Waals surface area contributed by atoms with Crippen LogP contribution in [-0.2, 0) is 25.6 Å². The van der Waals surface area contributed by atoms with Crippen molar-refractivity contribution in [1.29, 1.82) is 0 Å². The van der Waals surface area contributed by atoms with Crippen LogP contribution in [0.5, 0.6) is 0 Å². The molecule has 3 rings (SSSR count). The minimum atomic E-state index is -1.66. The fourth-order valence-electron chi connectivity index (χ4n) is 3.37. The molecule has 0 spiro atoms. The summed E-state index contributed by atoms with van der Waals surface area (Å²) in [6.45, 7) is 1.08. The Bertz CT molecular complexity index is 629. The first-order chi connectivity index (χ1) is 13.8. The van der Waals surface area contributed by atoms with Gasteiger partial charge in [-0.3, -0.25) is 0 Å². The van der Waals surface area contributed by atoms with Gasteiger partial charge in [0.05, 0.1) is 19.3 Å². The number of hydrogen-bond acceptors (Lipinski definition) is 10. The van der Waals surface area contributed by atoms with Crippen LogP contribution in [0.1, 0.15) is 12.5 Å². The Morgan fingerprint density at radius 1 is 0.828 bits per heavy atom. The molecule has 2 saturated heterocycles. The molecule has 2 aliphatic heterocycles. The van der Waals surface area contributed by atoms with Crippen LogP contribution in [0.3, 0.4) is 0 Å². The lowest BCUT2D eigenvalue weighted by molar-refractivity contribution is -0.366. The molecule has 0 saturated carbocycles. The van der Waals surface area contributed by atoms with Crippen LogP contribution in [0.15, 0.2) is 30.3 Å². The monoisotopic (exact) mass is 416 g/mol. The summed E-state index contributed by atoms with van der Waals surface area (Å²) in [6, 6.07) is 9.21. The van der Waals surface area contributed by atoms with Crippen LogP contribution >= 0.6 is 0 Å². The van der Waals surface area contributed by atoms with E-state index in [4.69, 9.17) is 18.9 Å². The van der Waals surface area contributed by atoms with Crippen molar-refractivity contribution in [2.45, 2.75) is 74.9 Å². The molecule has 0 aliphatic carbocycles. The number of rotatable bonds is 6. The highest BCUT2D eigenvalue weighted by Crippen LogP contribution is 2.30. The predicted octanol–water partition coefficient (Wildman–Crippen LogP) is -2.15. The van der Waals surface area contributed by atoms with Crippen molar-refractivity contribution in [2.75, 3.05) is 6.61 Å². The van der Waals surface area contributed by atoms with Gasteiger partial charge in [-0.2, -0.15) is 0 Å². The highest BCUT2D eigenvalue weighted by molar-refractivity contribution is 5.13. The first-order valence-corrected chi connectivity index (χ1v) is 9.46.